The standard InChI is InChI=1S/C18H29NO3/c1-12-6-13(2)18(14(3)7-12)21-11-17(20)10-19-8-15(4)22-16(5)9-19/h6-7,15-17,20H,8-11H2,1-5H3. The van der Waals surface area contributed by atoms with Crippen LogP contribution in [0.3, 0.4) is 0 Å². The van der Waals surface area contributed by atoms with Crippen LogP contribution in [-0.4, -0.2) is 54.6 Å². The minimum absolute atomic E-state index is 0.221. The van der Waals surface area contributed by atoms with Gasteiger partial charge in [-0.25, -0.2) is 0 Å². The molecule has 0 radical (unpaired) electrons. The summed E-state index contributed by atoms with van der Waals surface area (Å²) in [6.07, 6.45) is -0.0467. The molecule has 1 N–H and O–H groups in total. The molecule has 1 saturated heterocycles. The summed E-state index contributed by atoms with van der Waals surface area (Å²) in [6, 6.07) is 4.22. The molecular formula is C18H29NO3. The quantitative estimate of drug-likeness (QED) is 0.907. The Hall–Kier alpha value is -1.10. The van der Waals surface area contributed by atoms with Crippen LogP contribution in [0.1, 0.15) is 30.5 Å². The zero-order chi connectivity index (χ0) is 16.3. The van der Waals surface area contributed by atoms with Crippen molar-refractivity contribution >= 4 is 0 Å². The van der Waals surface area contributed by atoms with Crippen molar-refractivity contribution < 1.29 is 14.6 Å². The van der Waals surface area contributed by atoms with Crippen molar-refractivity contribution in [2.24, 2.45) is 0 Å². The van der Waals surface area contributed by atoms with Crippen LogP contribution in [0.4, 0.5) is 0 Å². The van der Waals surface area contributed by atoms with Gasteiger partial charge in [0.15, 0.2) is 0 Å². The molecule has 0 aromatic heterocycles. The van der Waals surface area contributed by atoms with E-state index in [0.29, 0.717) is 13.2 Å². The van der Waals surface area contributed by atoms with Crippen molar-refractivity contribution in [3.05, 3.63) is 28.8 Å². The van der Waals surface area contributed by atoms with Crippen LogP contribution < -0.4 is 4.74 Å². The van der Waals surface area contributed by atoms with Gasteiger partial charge < -0.3 is 14.6 Å². The molecule has 4 heteroatoms. The van der Waals surface area contributed by atoms with Crippen LogP contribution in [0.5, 0.6) is 5.75 Å². The lowest BCUT2D eigenvalue weighted by molar-refractivity contribution is -0.0787. The first-order chi connectivity index (χ1) is 10.3. The van der Waals surface area contributed by atoms with Gasteiger partial charge in [-0.3, -0.25) is 4.90 Å². The largest absolute Gasteiger partial charge is 0.490 e. The van der Waals surface area contributed by atoms with Crippen LogP contribution in [0, 0.1) is 20.8 Å². The number of hydrogen-bond acceptors (Lipinski definition) is 4. The van der Waals surface area contributed by atoms with E-state index < -0.39 is 6.10 Å². The summed E-state index contributed by atoms with van der Waals surface area (Å²) in [5, 5.41) is 10.3. The van der Waals surface area contributed by atoms with Crippen LogP contribution >= 0.6 is 0 Å². The van der Waals surface area contributed by atoms with Crippen molar-refractivity contribution in [3.8, 4) is 5.75 Å². The molecule has 0 spiro atoms. The number of ether oxygens (including phenoxy) is 2. The Morgan fingerprint density at radius 1 is 1.18 bits per heavy atom. The fourth-order valence-electron chi connectivity index (χ4n) is 3.36. The highest BCUT2D eigenvalue weighted by Crippen LogP contribution is 2.24. The number of aliphatic hydroxyl groups excluding tert-OH is 1. The second kappa shape index (κ2) is 7.44. The van der Waals surface area contributed by atoms with Crippen LogP contribution in [0.25, 0.3) is 0 Å². The third kappa shape index (κ3) is 4.70. The molecule has 1 aliphatic rings. The maximum Gasteiger partial charge on any atom is 0.125 e. The van der Waals surface area contributed by atoms with Crippen molar-refractivity contribution in [1.29, 1.82) is 0 Å². The predicted octanol–water partition coefficient (Wildman–Crippen LogP) is 2.46. The molecule has 124 valence electrons. The van der Waals surface area contributed by atoms with Gasteiger partial charge >= 0.3 is 0 Å². The zero-order valence-corrected chi connectivity index (χ0v) is 14.4. The number of benzene rings is 1. The molecule has 0 bridgehead atoms. The van der Waals surface area contributed by atoms with Gasteiger partial charge in [0.2, 0.25) is 0 Å². The SMILES string of the molecule is Cc1cc(C)c(OCC(O)CN2CC(C)OC(C)C2)c(C)c1. The average Bonchev–Trinajstić information content (AvgIpc) is 2.35. The number of hydrogen-bond donors (Lipinski definition) is 1. The van der Waals surface area contributed by atoms with Gasteiger partial charge in [-0.05, 0) is 45.7 Å². The first-order valence-electron chi connectivity index (χ1n) is 8.11. The lowest BCUT2D eigenvalue weighted by Gasteiger charge is -2.36. The minimum Gasteiger partial charge on any atom is -0.490 e. The van der Waals surface area contributed by atoms with E-state index in [1.807, 2.05) is 13.8 Å². The first-order valence-corrected chi connectivity index (χ1v) is 8.11. The molecule has 0 saturated carbocycles. The van der Waals surface area contributed by atoms with Crippen molar-refractivity contribution in [2.45, 2.75) is 52.9 Å². The Morgan fingerprint density at radius 3 is 2.27 bits per heavy atom. The third-order valence-electron chi connectivity index (χ3n) is 3.99. The topological polar surface area (TPSA) is 41.9 Å². The summed E-state index contributed by atoms with van der Waals surface area (Å²) >= 11 is 0. The highest BCUT2D eigenvalue weighted by Gasteiger charge is 2.24. The molecule has 22 heavy (non-hydrogen) atoms. The number of aliphatic hydroxyl groups is 1. The van der Waals surface area contributed by atoms with E-state index in [1.165, 1.54) is 5.56 Å². The molecule has 1 aromatic rings. The van der Waals surface area contributed by atoms with E-state index in [1.54, 1.807) is 0 Å². The summed E-state index contributed by atoms with van der Waals surface area (Å²) in [5.41, 5.74) is 3.48. The molecule has 1 aliphatic heterocycles. The monoisotopic (exact) mass is 307 g/mol. The van der Waals surface area contributed by atoms with Gasteiger partial charge in [-0.15, -0.1) is 0 Å². The Bertz CT molecular complexity index is 470. The number of nitrogens with zero attached hydrogens (tertiary/aromatic N) is 1. The van der Waals surface area contributed by atoms with Gasteiger partial charge in [0.25, 0.3) is 0 Å². The lowest BCUT2D eigenvalue weighted by atomic mass is 10.1. The summed E-state index contributed by atoms with van der Waals surface area (Å²) in [4.78, 5) is 2.25. The number of β-amino-alcohol motifs (C(OH)–C–C–N with tert-alkyl or cyclic N) is 1. The molecule has 1 heterocycles. The number of morpholine rings is 1. The molecule has 2 rings (SSSR count). The predicted molar refractivity (Wildman–Crippen MR) is 88.6 cm³/mol. The minimum atomic E-state index is -0.488. The van der Waals surface area contributed by atoms with Gasteiger partial charge in [-0.2, -0.15) is 0 Å². The maximum absolute atomic E-state index is 10.3. The summed E-state index contributed by atoms with van der Waals surface area (Å²) < 4.78 is 11.6. The van der Waals surface area contributed by atoms with E-state index in [9.17, 15) is 5.11 Å². The van der Waals surface area contributed by atoms with Gasteiger partial charge in [0.05, 0.1) is 12.2 Å². The van der Waals surface area contributed by atoms with Gasteiger partial charge in [0, 0.05) is 19.6 Å². The van der Waals surface area contributed by atoms with E-state index in [4.69, 9.17) is 9.47 Å². The lowest BCUT2D eigenvalue weighted by Crippen LogP contribution is -2.48. The second-order valence-electron chi connectivity index (χ2n) is 6.67. The van der Waals surface area contributed by atoms with Crippen molar-refractivity contribution in [3.63, 3.8) is 0 Å². The van der Waals surface area contributed by atoms with E-state index in [-0.39, 0.29) is 12.2 Å². The molecule has 1 fully saturated rings. The molecule has 0 aliphatic carbocycles. The van der Waals surface area contributed by atoms with Crippen LogP contribution in [-0.2, 0) is 4.74 Å². The maximum atomic E-state index is 10.3. The van der Waals surface area contributed by atoms with Gasteiger partial charge in [0.1, 0.15) is 18.5 Å². The normalized spacial score (nSPS) is 24.3. The van der Waals surface area contributed by atoms with Crippen LogP contribution in [0.15, 0.2) is 12.1 Å². The van der Waals surface area contributed by atoms with E-state index >= 15 is 0 Å². The highest BCUT2D eigenvalue weighted by molar-refractivity contribution is 5.42. The van der Waals surface area contributed by atoms with Gasteiger partial charge in [-0.1, -0.05) is 17.7 Å². The molecule has 3 atom stereocenters. The van der Waals surface area contributed by atoms with E-state index in [2.05, 4.69) is 37.8 Å². The summed E-state index contributed by atoms with van der Waals surface area (Å²) in [6.45, 7) is 13.0. The Labute approximate surface area is 134 Å². The smallest absolute Gasteiger partial charge is 0.125 e. The fraction of sp³-hybridized carbons (Fsp3) is 0.667. The number of rotatable bonds is 5. The molecular weight excluding hydrogens is 278 g/mol. The van der Waals surface area contributed by atoms with Crippen molar-refractivity contribution in [2.75, 3.05) is 26.2 Å². The Morgan fingerprint density at radius 2 is 1.73 bits per heavy atom. The third-order valence-corrected chi connectivity index (χ3v) is 3.99. The van der Waals surface area contributed by atoms with Crippen molar-refractivity contribution in [1.82, 2.24) is 4.90 Å². The van der Waals surface area contributed by atoms with Crippen LogP contribution in [0.2, 0.25) is 0 Å². The zero-order valence-electron chi connectivity index (χ0n) is 14.4. The second-order valence-corrected chi connectivity index (χ2v) is 6.67. The molecule has 3 unspecified atom stereocenters. The van der Waals surface area contributed by atoms with E-state index in [0.717, 1.165) is 30.0 Å². The average molecular weight is 307 g/mol. The fourth-order valence-corrected chi connectivity index (χ4v) is 3.36. The first kappa shape index (κ1) is 17.3. The summed E-state index contributed by atoms with van der Waals surface area (Å²) in [7, 11) is 0. The number of aryl methyl sites for hydroxylation is 3. The summed E-state index contributed by atoms with van der Waals surface area (Å²) in [5.74, 6) is 0.897. The highest BCUT2D eigenvalue weighted by atomic mass is 16.5. The molecule has 4 nitrogen and oxygen atoms in total. The Balaban J connectivity index is 1.86. The molecule has 0 amide bonds. The molecule has 1 aromatic carbocycles. The Kier molecular flexibility index (Phi) is 5.84.